The van der Waals surface area contributed by atoms with Crippen molar-refractivity contribution in [2.24, 2.45) is 0 Å². The smallest absolute Gasteiger partial charge is 0.252 e. The summed E-state index contributed by atoms with van der Waals surface area (Å²) in [5.74, 6) is 0.199. The molecular weight excluding hydrogens is 356 g/mol. The fourth-order valence-corrected chi connectivity index (χ4v) is 4.29. The van der Waals surface area contributed by atoms with Crippen molar-refractivity contribution in [3.05, 3.63) is 65.2 Å². The summed E-state index contributed by atoms with van der Waals surface area (Å²) >= 11 is 1.40. The number of benzene rings is 2. The molecule has 0 heterocycles. The van der Waals surface area contributed by atoms with Crippen molar-refractivity contribution in [2.75, 3.05) is 5.75 Å². The normalized spacial score (nSPS) is 15.9. The van der Waals surface area contributed by atoms with Gasteiger partial charge in [-0.1, -0.05) is 36.4 Å². The SMILES string of the molecule is CC(C)NC(=O)CSc1ccccc1C(=O)N[C@@H]1CCCc2ccccc21. The number of hydrogen-bond acceptors (Lipinski definition) is 3. The van der Waals surface area contributed by atoms with E-state index in [1.807, 2.05) is 44.2 Å². The van der Waals surface area contributed by atoms with E-state index in [2.05, 4.69) is 28.8 Å². The number of carbonyl (C=O) groups is 2. The second-order valence-corrected chi connectivity index (χ2v) is 8.14. The number of hydrogen-bond donors (Lipinski definition) is 2. The van der Waals surface area contributed by atoms with E-state index >= 15 is 0 Å². The first-order valence-electron chi connectivity index (χ1n) is 9.44. The lowest BCUT2D eigenvalue weighted by Gasteiger charge is -2.26. The quantitative estimate of drug-likeness (QED) is 0.739. The van der Waals surface area contributed by atoms with Gasteiger partial charge in [-0.2, -0.15) is 0 Å². The van der Waals surface area contributed by atoms with Gasteiger partial charge in [0, 0.05) is 10.9 Å². The van der Waals surface area contributed by atoms with Crippen LogP contribution in [0.4, 0.5) is 0 Å². The van der Waals surface area contributed by atoms with Gasteiger partial charge in [-0.3, -0.25) is 9.59 Å². The van der Waals surface area contributed by atoms with Gasteiger partial charge in [-0.15, -0.1) is 11.8 Å². The summed E-state index contributed by atoms with van der Waals surface area (Å²) < 4.78 is 0. The summed E-state index contributed by atoms with van der Waals surface area (Å²) in [6.45, 7) is 3.87. The molecule has 0 spiro atoms. The standard InChI is InChI=1S/C22H26N2O2S/c1-15(2)23-21(25)14-27-20-13-6-5-11-18(20)22(26)24-19-12-7-9-16-8-3-4-10-17(16)19/h3-6,8,10-11,13,15,19H,7,9,12,14H2,1-2H3,(H,23,25)(H,24,26)/t19-/m1/s1. The van der Waals surface area contributed by atoms with Crippen molar-refractivity contribution in [1.82, 2.24) is 10.6 Å². The van der Waals surface area contributed by atoms with Gasteiger partial charge >= 0.3 is 0 Å². The van der Waals surface area contributed by atoms with Crippen LogP contribution >= 0.6 is 11.8 Å². The Hall–Kier alpha value is -2.27. The van der Waals surface area contributed by atoms with Gasteiger partial charge in [0.25, 0.3) is 5.91 Å². The predicted octanol–water partition coefficient (Wildman–Crippen LogP) is 4.11. The van der Waals surface area contributed by atoms with Gasteiger partial charge in [0.05, 0.1) is 17.4 Å². The maximum Gasteiger partial charge on any atom is 0.252 e. The highest BCUT2D eigenvalue weighted by Gasteiger charge is 2.23. The molecule has 0 fully saturated rings. The second-order valence-electron chi connectivity index (χ2n) is 7.12. The fourth-order valence-electron chi connectivity index (χ4n) is 3.43. The molecule has 142 valence electrons. The van der Waals surface area contributed by atoms with Crippen molar-refractivity contribution >= 4 is 23.6 Å². The van der Waals surface area contributed by atoms with Crippen LogP contribution in [0.2, 0.25) is 0 Å². The monoisotopic (exact) mass is 382 g/mol. The number of aryl methyl sites for hydroxylation is 1. The molecule has 2 aromatic carbocycles. The van der Waals surface area contributed by atoms with Crippen LogP contribution in [0.5, 0.6) is 0 Å². The average Bonchev–Trinajstić information content (AvgIpc) is 2.66. The van der Waals surface area contributed by atoms with Gasteiger partial charge in [-0.05, 0) is 56.4 Å². The summed E-state index contributed by atoms with van der Waals surface area (Å²) in [6, 6.07) is 16.0. The van der Waals surface area contributed by atoms with Gasteiger partial charge in [0.15, 0.2) is 0 Å². The summed E-state index contributed by atoms with van der Waals surface area (Å²) in [5.41, 5.74) is 3.17. The molecule has 4 nitrogen and oxygen atoms in total. The van der Waals surface area contributed by atoms with Gasteiger partial charge in [0.1, 0.15) is 0 Å². The summed E-state index contributed by atoms with van der Waals surface area (Å²) in [6.07, 6.45) is 3.10. The Kier molecular flexibility index (Phi) is 6.56. The van der Waals surface area contributed by atoms with Crippen LogP contribution in [0.1, 0.15) is 54.2 Å². The van der Waals surface area contributed by atoms with Gasteiger partial charge in [0.2, 0.25) is 5.91 Å². The molecule has 1 aliphatic rings. The zero-order valence-corrected chi connectivity index (χ0v) is 16.6. The first kappa shape index (κ1) is 19.5. The van der Waals surface area contributed by atoms with Crippen molar-refractivity contribution in [3.63, 3.8) is 0 Å². The number of fused-ring (bicyclic) bond motifs is 1. The van der Waals surface area contributed by atoms with E-state index in [1.165, 1.54) is 22.9 Å². The lowest BCUT2D eigenvalue weighted by molar-refractivity contribution is -0.119. The number of nitrogens with one attached hydrogen (secondary N) is 2. The van der Waals surface area contributed by atoms with E-state index < -0.39 is 0 Å². The van der Waals surface area contributed by atoms with Crippen LogP contribution < -0.4 is 10.6 Å². The largest absolute Gasteiger partial charge is 0.353 e. The number of carbonyl (C=O) groups excluding carboxylic acids is 2. The van der Waals surface area contributed by atoms with E-state index in [0.29, 0.717) is 11.3 Å². The molecule has 5 heteroatoms. The van der Waals surface area contributed by atoms with Crippen LogP contribution in [0.25, 0.3) is 0 Å². The molecule has 0 aromatic heterocycles. The second kappa shape index (κ2) is 9.09. The molecule has 2 N–H and O–H groups in total. The highest BCUT2D eigenvalue weighted by molar-refractivity contribution is 8.00. The summed E-state index contributed by atoms with van der Waals surface area (Å²) in [7, 11) is 0. The average molecular weight is 383 g/mol. The third kappa shape index (κ3) is 5.13. The number of rotatable bonds is 6. The lowest BCUT2D eigenvalue weighted by Crippen LogP contribution is -2.32. The molecule has 2 aromatic rings. The lowest BCUT2D eigenvalue weighted by atomic mass is 9.87. The molecule has 1 aliphatic carbocycles. The van der Waals surface area contributed by atoms with E-state index in [-0.39, 0.29) is 23.9 Å². The Morgan fingerprint density at radius 2 is 1.85 bits per heavy atom. The van der Waals surface area contributed by atoms with Crippen molar-refractivity contribution < 1.29 is 9.59 Å². The van der Waals surface area contributed by atoms with Crippen LogP contribution in [0, 0.1) is 0 Å². The van der Waals surface area contributed by atoms with Crippen LogP contribution in [0.15, 0.2) is 53.4 Å². The fraction of sp³-hybridized carbons (Fsp3) is 0.364. The number of amides is 2. The zero-order valence-electron chi connectivity index (χ0n) is 15.8. The first-order valence-corrected chi connectivity index (χ1v) is 10.4. The van der Waals surface area contributed by atoms with E-state index in [1.54, 1.807) is 0 Å². The Morgan fingerprint density at radius 3 is 2.67 bits per heavy atom. The molecule has 27 heavy (non-hydrogen) atoms. The topological polar surface area (TPSA) is 58.2 Å². The molecule has 1 atom stereocenters. The highest BCUT2D eigenvalue weighted by atomic mass is 32.2. The molecular formula is C22H26N2O2S. The van der Waals surface area contributed by atoms with Crippen LogP contribution in [-0.2, 0) is 11.2 Å². The van der Waals surface area contributed by atoms with Crippen molar-refractivity contribution in [2.45, 2.75) is 50.1 Å². The van der Waals surface area contributed by atoms with E-state index in [4.69, 9.17) is 0 Å². The van der Waals surface area contributed by atoms with E-state index in [0.717, 1.165) is 24.2 Å². The van der Waals surface area contributed by atoms with Crippen LogP contribution in [0.3, 0.4) is 0 Å². The number of thioether (sulfide) groups is 1. The molecule has 0 saturated carbocycles. The minimum Gasteiger partial charge on any atom is -0.353 e. The predicted molar refractivity (Wildman–Crippen MR) is 110 cm³/mol. The Balaban J connectivity index is 1.70. The summed E-state index contributed by atoms with van der Waals surface area (Å²) in [4.78, 5) is 25.7. The zero-order chi connectivity index (χ0) is 19.2. The Morgan fingerprint density at radius 1 is 1.11 bits per heavy atom. The minimum absolute atomic E-state index is 0.0218. The maximum atomic E-state index is 12.9. The minimum atomic E-state index is -0.0796. The molecule has 0 radical (unpaired) electrons. The molecule has 0 aliphatic heterocycles. The third-order valence-corrected chi connectivity index (χ3v) is 5.69. The molecule has 0 unspecified atom stereocenters. The van der Waals surface area contributed by atoms with Crippen molar-refractivity contribution in [3.8, 4) is 0 Å². The molecule has 0 bridgehead atoms. The molecule has 3 rings (SSSR count). The van der Waals surface area contributed by atoms with Crippen LogP contribution in [-0.4, -0.2) is 23.6 Å². The molecule has 2 amide bonds. The maximum absolute atomic E-state index is 12.9. The Labute approximate surface area is 165 Å². The summed E-state index contributed by atoms with van der Waals surface area (Å²) in [5, 5.41) is 6.08. The Bertz CT molecular complexity index is 819. The van der Waals surface area contributed by atoms with Gasteiger partial charge in [-0.25, -0.2) is 0 Å². The van der Waals surface area contributed by atoms with E-state index in [9.17, 15) is 9.59 Å². The van der Waals surface area contributed by atoms with Crippen molar-refractivity contribution in [1.29, 1.82) is 0 Å². The first-order chi connectivity index (χ1) is 13.0. The highest BCUT2D eigenvalue weighted by Crippen LogP contribution is 2.30. The third-order valence-electron chi connectivity index (χ3n) is 4.61. The molecule has 0 saturated heterocycles. The van der Waals surface area contributed by atoms with Gasteiger partial charge < -0.3 is 10.6 Å².